The molecule has 0 aliphatic rings. The van der Waals surface area contributed by atoms with E-state index in [1.807, 2.05) is 42.5 Å². The molecule has 0 radical (unpaired) electrons. The average molecular weight is 341 g/mol. The van der Waals surface area contributed by atoms with E-state index in [4.69, 9.17) is 23.2 Å². The zero-order chi connectivity index (χ0) is 15.2. The SMILES string of the molecule is COC(=O)CCc1ccc(Sc2ccc(Cl)cc2)cc1Cl. The van der Waals surface area contributed by atoms with Gasteiger partial charge in [-0.3, -0.25) is 4.79 Å². The Hall–Kier alpha value is -1.16. The lowest BCUT2D eigenvalue weighted by Gasteiger charge is -2.07. The van der Waals surface area contributed by atoms with Crippen LogP contribution in [0.25, 0.3) is 0 Å². The van der Waals surface area contributed by atoms with E-state index in [2.05, 4.69) is 4.74 Å². The first-order chi connectivity index (χ1) is 10.1. The Morgan fingerprint density at radius 3 is 2.38 bits per heavy atom. The molecule has 0 unspecified atom stereocenters. The van der Waals surface area contributed by atoms with Crippen molar-refractivity contribution in [2.24, 2.45) is 0 Å². The molecule has 0 fully saturated rings. The normalized spacial score (nSPS) is 10.4. The molecule has 0 heterocycles. The van der Waals surface area contributed by atoms with Crippen molar-refractivity contribution in [1.82, 2.24) is 0 Å². The maximum absolute atomic E-state index is 11.2. The minimum absolute atomic E-state index is 0.231. The summed E-state index contributed by atoms with van der Waals surface area (Å²) in [4.78, 5) is 13.3. The Labute approximate surface area is 138 Å². The highest BCUT2D eigenvalue weighted by atomic mass is 35.5. The number of aryl methyl sites for hydroxylation is 1. The molecule has 110 valence electrons. The fourth-order valence-electron chi connectivity index (χ4n) is 1.77. The van der Waals surface area contributed by atoms with E-state index < -0.39 is 0 Å². The molecule has 2 rings (SSSR count). The zero-order valence-corrected chi connectivity index (χ0v) is 13.8. The van der Waals surface area contributed by atoms with Crippen molar-refractivity contribution in [3.63, 3.8) is 0 Å². The van der Waals surface area contributed by atoms with Crippen LogP contribution in [0.3, 0.4) is 0 Å². The Balaban J connectivity index is 2.04. The summed E-state index contributed by atoms with van der Waals surface area (Å²) >= 11 is 13.7. The number of hydrogen-bond acceptors (Lipinski definition) is 3. The second kappa shape index (κ2) is 7.74. The van der Waals surface area contributed by atoms with Crippen molar-refractivity contribution >= 4 is 40.9 Å². The van der Waals surface area contributed by atoms with E-state index >= 15 is 0 Å². The molecular weight excluding hydrogens is 327 g/mol. The lowest BCUT2D eigenvalue weighted by Crippen LogP contribution is -2.02. The third kappa shape index (κ3) is 4.95. The van der Waals surface area contributed by atoms with Crippen LogP contribution < -0.4 is 0 Å². The highest BCUT2D eigenvalue weighted by Crippen LogP contribution is 2.31. The van der Waals surface area contributed by atoms with E-state index in [-0.39, 0.29) is 5.97 Å². The Morgan fingerprint density at radius 2 is 1.76 bits per heavy atom. The zero-order valence-electron chi connectivity index (χ0n) is 11.4. The van der Waals surface area contributed by atoms with Crippen LogP contribution in [-0.4, -0.2) is 13.1 Å². The number of benzene rings is 2. The first-order valence-corrected chi connectivity index (χ1v) is 7.94. The van der Waals surface area contributed by atoms with Crippen LogP contribution in [0.15, 0.2) is 52.3 Å². The van der Waals surface area contributed by atoms with Crippen molar-refractivity contribution < 1.29 is 9.53 Å². The van der Waals surface area contributed by atoms with Gasteiger partial charge in [0.25, 0.3) is 0 Å². The number of carbonyl (C=O) groups excluding carboxylic acids is 1. The molecule has 0 aliphatic heterocycles. The molecule has 0 amide bonds. The van der Waals surface area contributed by atoms with Gasteiger partial charge in [-0.05, 0) is 48.4 Å². The highest BCUT2D eigenvalue weighted by molar-refractivity contribution is 7.99. The first kappa shape index (κ1) is 16.2. The van der Waals surface area contributed by atoms with Gasteiger partial charge in [-0.15, -0.1) is 0 Å². The summed E-state index contributed by atoms with van der Waals surface area (Å²) < 4.78 is 4.63. The standard InChI is InChI=1S/C16H14Cl2O2S/c1-20-16(19)9-3-11-2-6-14(10-15(11)18)21-13-7-4-12(17)5-8-13/h2,4-8,10H,3,9H2,1H3. The van der Waals surface area contributed by atoms with E-state index in [9.17, 15) is 4.79 Å². The predicted octanol–water partition coefficient (Wildman–Crippen LogP) is 5.25. The van der Waals surface area contributed by atoms with E-state index in [1.165, 1.54) is 7.11 Å². The van der Waals surface area contributed by atoms with Gasteiger partial charge in [-0.25, -0.2) is 0 Å². The van der Waals surface area contributed by atoms with Crippen molar-refractivity contribution in [1.29, 1.82) is 0 Å². The molecule has 0 atom stereocenters. The number of ether oxygens (including phenoxy) is 1. The minimum atomic E-state index is -0.231. The molecule has 2 aromatic carbocycles. The number of hydrogen-bond donors (Lipinski definition) is 0. The second-order valence-corrected chi connectivity index (χ2v) is 6.38. The van der Waals surface area contributed by atoms with Crippen molar-refractivity contribution in [2.45, 2.75) is 22.6 Å². The van der Waals surface area contributed by atoms with Gasteiger partial charge < -0.3 is 4.74 Å². The molecule has 0 bridgehead atoms. The molecule has 0 aliphatic carbocycles. The monoisotopic (exact) mass is 340 g/mol. The predicted molar refractivity (Wildman–Crippen MR) is 87.4 cm³/mol. The molecule has 2 nitrogen and oxygen atoms in total. The van der Waals surface area contributed by atoms with Crippen LogP contribution in [0.2, 0.25) is 10.0 Å². The molecule has 0 spiro atoms. The van der Waals surface area contributed by atoms with Gasteiger partial charge in [0.1, 0.15) is 0 Å². The van der Waals surface area contributed by atoms with Crippen molar-refractivity contribution in [3.8, 4) is 0 Å². The van der Waals surface area contributed by atoms with Gasteiger partial charge in [-0.1, -0.05) is 41.0 Å². The summed E-state index contributed by atoms with van der Waals surface area (Å²) in [6, 6.07) is 13.5. The lowest BCUT2D eigenvalue weighted by atomic mass is 10.1. The number of rotatable bonds is 5. The van der Waals surface area contributed by atoms with Gasteiger partial charge in [0.05, 0.1) is 7.11 Å². The number of carbonyl (C=O) groups is 1. The highest BCUT2D eigenvalue weighted by Gasteiger charge is 2.07. The van der Waals surface area contributed by atoms with E-state index in [0.29, 0.717) is 17.9 Å². The second-order valence-electron chi connectivity index (χ2n) is 4.39. The lowest BCUT2D eigenvalue weighted by molar-refractivity contribution is -0.140. The maximum Gasteiger partial charge on any atom is 0.305 e. The summed E-state index contributed by atoms with van der Waals surface area (Å²) in [7, 11) is 1.38. The number of esters is 1. The molecule has 0 saturated heterocycles. The maximum atomic E-state index is 11.2. The summed E-state index contributed by atoms with van der Waals surface area (Å²) in [6.07, 6.45) is 0.914. The molecule has 0 N–H and O–H groups in total. The van der Waals surface area contributed by atoms with Gasteiger partial charge in [0, 0.05) is 26.3 Å². The molecule has 21 heavy (non-hydrogen) atoms. The largest absolute Gasteiger partial charge is 0.469 e. The molecule has 0 saturated carbocycles. The Bertz CT molecular complexity index is 627. The number of halogens is 2. The molecular formula is C16H14Cl2O2S. The van der Waals surface area contributed by atoms with Crippen LogP contribution in [-0.2, 0) is 16.0 Å². The smallest absolute Gasteiger partial charge is 0.305 e. The Morgan fingerprint density at radius 1 is 1.10 bits per heavy atom. The van der Waals surface area contributed by atoms with Crippen LogP contribution in [0.5, 0.6) is 0 Å². The summed E-state index contributed by atoms with van der Waals surface area (Å²) in [5, 5.41) is 1.38. The van der Waals surface area contributed by atoms with Crippen LogP contribution in [0, 0.1) is 0 Å². The number of methoxy groups -OCH3 is 1. The van der Waals surface area contributed by atoms with E-state index in [1.54, 1.807) is 11.8 Å². The van der Waals surface area contributed by atoms with Crippen LogP contribution in [0.1, 0.15) is 12.0 Å². The fourth-order valence-corrected chi connectivity index (χ4v) is 3.09. The van der Waals surface area contributed by atoms with Gasteiger partial charge in [0.2, 0.25) is 0 Å². The van der Waals surface area contributed by atoms with Gasteiger partial charge in [-0.2, -0.15) is 0 Å². The summed E-state index contributed by atoms with van der Waals surface area (Å²) in [6.45, 7) is 0. The molecule has 5 heteroatoms. The van der Waals surface area contributed by atoms with Crippen molar-refractivity contribution in [2.75, 3.05) is 7.11 Å². The van der Waals surface area contributed by atoms with Gasteiger partial charge >= 0.3 is 5.97 Å². The van der Waals surface area contributed by atoms with Crippen LogP contribution in [0.4, 0.5) is 0 Å². The van der Waals surface area contributed by atoms with Gasteiger partial charge in [0.15, 0.2) is 0 Å². The topological polar surface area (TPSA) is 26.3 Å². The van der Waals surface area contributed by atoms with Crippen LogP contribution >= 0.6 is 35.0 Å². The average Bonchev–Trinajstić information content (AvgIpc) is 2.48. The Kier molecular flexibility index (Phi) is 5.97. The molecule has 2 aromatic rings. The quantitative estimate of drug-likeness (QED) is 0.695. The third-order valence-electron chi connectivity index (χ3n) is 2.90. The minimum Gasteiger partial charge on any atom is -0.469 e. The third-order valence-corrected chi connectivity index (χ3v) is 4.50. The first-order valence-electron chi connectivity index (χ1n) is 6.37. The van der Waals surface area contributed by atoms with E-state index in [0.717, 1.165) is 20.4 Å². The molecule has 0 aromatic heterocycles. The van der Waals surface area contributed by atoms with Crippen molar-refractivity contribution in [3.05, 3.63) is 58.1 Å². The fraction of sp³-hybridized carbons (Fsp3) is 0.188. The summed E-state index contributed by atoms with van der Waals surface area (Å²) in [5.41, 5.74) is 0.947. The summed E-state index contributed by atoms with van der Waals surface area (Å²) in [5.74, 6) is -0.231.